The Balaban J connectivity index is 1.86. The van der Waals surface area contributed by atoms with Crippen LogP contribution in [0.1, 0.15) is 0 Å². The van der Waals surface area contributed by atoms with Crippen molar-refractivity contribution in [3.05, 3.63) is 41.5 Å². The lowest BCUT2D eigenvalue weighted by Crippen LogP contribution is -2.10. The van der Waals surface area contributed by atoms with E-state index >= 15 is 0 Å². The van der Waals surface area contributed by atoms with Crippen LogP contribution in [0, 0.1) is 0 Å². The minimum atomic E-state index is 0.825. The van der Waals surface area contributed by atoms with Gasteiger partial charge in [0.25, 0.3) is 0 Å². The maximum Gasteiger partial charge on any atom is 0.140 e. The lowest BCUT2D eigenvalue weighted by Gasteiger charge is -2.07. The number of imidazole rings is 1. The van der Waals surface area contributed by atoms with E-state index in [0.717, 1.165) is 23.4 Å². The van der Waals surface area contributed by atoms with Gasteiger partial charge in [0.1, 0.15) is 5.82 Å². The van der Waals surface area contributed by atoms with E-state index in [1.54, 1.807) is 18.7 Å². The highest BCUT2D eigenvalue weighted by atomic mass is 79.9. The molecule has 0 radical (unpaired) electrons. The van der Waals surface area contributed by atoms with Gasteiger partial charge in [-0.2, -0.15) is 0 Å². The Kier molecular flexibility index (Phi) is 3.34. The van der Waals surface area contributed by atoms with E-state index in [-0.39, 0.29) is 0 Å². The molecule has 78 valence electrons. The summed E-state index contributed by atoms with van der Waals surface area (Å²) in [5.41, 5.74) is 0. The first-order valence-electron chi connectivity index (χ1n) is 4.66. The smallest absolute Gasteiger partial charge is 0.140 e. The van der Waals surface area contributed by atoms with Crippen molar-refractivity contribution < 1.29 is 0 Å². The molecule has 0 aromatic carbocycles. The molecule has 2 rings (SSSR count). The van der Waals surface area contributed by atoms with E-state index < -0.39 is 0 Å². The predicted molar refractivity (Wildman–Crippen MR) is 62.7 cm³/mol. The molecule has 1 N–H and O–H groups in total. The number of hydrogen-bond donors (Lipinski definition) is 1. The molecule has 0 spiro atoms. The monoisotopic (exact) mass is 266 g/mol. The lowest BCUT2D eigenvalue weighted by molar-refractivity contribution is 0.725. The Morgan fingerprint density at radius 3 is 3.07 bits per heavy atom. The molecule has 15 heavy (non-hydrogen) atoms. The summed E-state index contributed by atoms with van der Waals surface area (Å²) < 4.78 is 3.00. The van der Waals surface area contributed by atoms with Gasteiger partial charge in [-0.3, -0.25) is 0 Å². The molecule has 0 atom stereocenters. The normalized spacial score (nSPS) is 10.2. The second kappa shape index (κ2) is 4.93. The van der Waals surface area contributed by atoms with Crippen molar-refractivity contribution in [3.63, 3.8) is 0 Å². The van der Waals surface area contributed by atoms with Gasteiger partial charge in [-0.25, -0.2) is 9.97 Å². The van der Waals surface area contributed by atoms with Crippen LogP contribution in [-0.2, 0) is 6.54 Å². The van der Waals surface area contributed by atoms with Crippen LogP contribution in [0.4, 0.5) is 5.82 Å². The van der Waals surface area contributed by atoms with Crippen molar-refractivity contribution in [3.8, 4) is 0 Å². The van der Waals surface area contributed by atoms with Gasteiger partial charge in [0.05, 0.1) is 10.8 Å². The number of anilines is 1. The number of rotatable bonds is 4. The highest BCUT2D eigenvalue weighted by Gasteiger charge is 1.98. The van der Waals surface area contributed by atoms with Gasteiger partial charge in [0, 0.05) is 31.7 Å². The third-order valence-corrected chi connectivity index (χ3v) is 2.62. The number of pyridine rings is 1. The predicted octanol–water partition coefficient (Wildman–Crippen LogP) is 2.15. The molecular weight excluding hydrogens is 256 g/mol. The number of hydrogen-bond acceptors (Lipinski definition) is 3. The van der Waals surface area contributed by atoms with E-state index in [2.05, 4.69) is 31.2 Å². The van der Waals surface area contributed by atoms with Crippen molar-refractivity contribution in [2.75, 3.05) is 11.9 Å². The summed E-state index contributed by atoms with van der Waals surface area (Å²) in [7, 11) is 0. The van der Waals surface area contributed by atoms with Crippen molar-refractivity contribution in [2.45, 2.75) is 6.54 Å². The van der Waals surface area contributed by atoms with Gasteiger partial charge >= 0.3 is 0 Å². The van der Waals surface area contributed by atoms with Crippen molar-refractivity contribution >= 4 is 21.7 Å². The third-order valence-electron chi connectivity index (χ3n) is 1.98. The summed E-state index contributed by atoms with van der Waals surface area (Å²) in [5, 5.41) is 3.24. The average molecular weight is 267 g/mol. The Morgan fingerprint density at radius 1 is 1.40 bits per heavy atom. The Hall–Kier alpha value is -1.36. The fraction of sp³-hybridized carbons (Fsp3) is 0.200. The molecule has 0 aliphatic heterocycles. The number of nitrogens with zero attached hydrogens (tertiary/aromatic N) is 3. The molecular formula is C10H11BrN4. The van der Waals surface area contributed by atoms with Crippen LogP contribution in [0.15, 0.2) is 41.5 Å². The quantitative estimate of drug-likeness (QED) is 0.923. The van der Waals surface area contributed by atoms with Gasteiger partial charge in [-0.05, 0) is 28.1 Å². The Morgan fingerprint density at radius 2 is 2.33 bits per heavy atom. The molecule has 0 aliphatic carbocycles. The lowest BCUT2D eigenvalue weighted by atomic mass is 10.4. The van der Waals surface area contributed by atoms with Crippen LogP contribution in [0.2, 0.25) is 0 Å². The largest absolute Gasteiger partial charge is 0.367 e. The van der Waals surface area contributed by atoms with Gasteiger partial charge in [0.2, 0.25) is 0 Å². The molecule has 2 aromatic heterocycles. The van der Waals surface area contributed by atoms with Crippen molar-refractivity contribution in [1.29, 1.82) is 0 Å². The molecule has 0 amide bonds. The molecule has 4 nitrogen and oxygen atoms in total. The SMILES string of the molecule is Brc1cccnc1NCCn1ccnc1. The van der Waals surface area contributed by atoms with E-state index in [9.17, 15) is 0 Å². The first kappa shape index (κ1) is 10.2. The van der Waals surface area contributed by atoms with E-state index in [1.165, 1.54) is 0 Å². The minimum Gasteiger partial charge on any atom is -0.367 e. The van der Waals surface area contributed by atoms with Crippen LogP contribution in [0.25, 0.3) is 0 Å². The molecule has 0 saturated heterocycles. The molecule has 2 heterocycles. The summed E-state index contributed by atoms with van der Waals surface area (Å²) in [5.74, 6) is 0.873. The first-order valence-corrected chi connectivity index (χ1v) is 5.46. The highest BCUT2D eigenvalue weighted by molar-refractivity contribution is 9.10. The van der Waals surface area contributed by atoms with Crippen LogP contribution < -0.4 is 5.32 Å². The third kappa shape index (κ3) is 2.79. The highest BCUT2D eigenvalue weighted by Crippen LogP contribution is 2.17. The van der Waals surface area contributed by atoms with Crippen LogP contribution in [0.3, 0.4) is 0 Å². The molecule has 0 saturated carbocycles. The number of nitrogens with one attached hydrogen (secondary N) is 1. The van der Waals surface area contributed by atoms with E-state index in [0.29, 0.717) is 0 Å². The fourth-order valence-electron chi connectivity index (χ4n) is 1.24. The Labute approximate surface area is 96.5 Å². The zero-order chi connectivity index (χ0) is 10.5. The average Bonchev–Trinajstić information content (AvgIpc) is 2.74. The summed E-state index contributed by atoms with van der Waals surface area (Å²) in [6, 6.07) is 3.86. The molecule has 0 unspecified atom stereocenters. The standard InChI is InChI=1S/C10H11BrN4/c11-9-2-1-3-13-10(9)14-5-7-15-6-4-12-8-15/h1-4,6,8H,5,7H2,(H,13,14). The molecule has 0 aliphatic rings. The van der Waals surface area contributed by atoms with Crippen LogP contribution >= 0.6 is 15.9 Å². The van der Waals surface area contributed by atoms with Gasteiger partial charge in [-0.1, -0.05) is 0 Å². The molecule has 5 heteroatoms. The van der Waals surface area contributed by atoms with E-state index in [1.807, 2.05) is 22.9 Å². The molecule has 0 fully saturated rings. The maximum absolute atomic E-state index is 4.21. The second-order valence-electron chi connectivity index (χ2n) is 3.06. The van der Waals surface area contributed by atoms with E-state index in [4.69, 9.17) is 0 Å². The summed E-state index contributed by atoms with van der Waals surface area (Å²) in [4.78, 5) is 8.19. The zero-order valence-electron chi connectivity index (χ0n) is 8.10. The molecule has 2 aromatic rings. The maximum atomic E-state index is 4.21. The number of aromatic nitrogens is 3. The minimum absolute atomic E-state index is 0.825. The number of halogens is 1. The van der Waals surface area contributed by atoms with Gasteiger partial charge in [0.15, 0.2) is 0 Å². The fourth-order valence-corrected chi connectivity index (χ4v) is 1.63. The summed E-state index contributed by atoms with van der Waals surface area (Å²) in [6.07, 6.45) is 7.28. The van der Waals surface area contributed by atoms with Gasteiger partial charge < -0.3 is 9.88 Å². The first-order chi connectivity index (χ1) is 7.36. The van der Waals surface area contributed by atoms with Gasteiger partial charge in [-0.15, -0.1) is 0 Å². The summed E-state index contributed by atoms with van der Waals surface area (Å²) in [6.45, 7) is 1.70. The summed E-state index contributed by atoms with van der Waals surface area (Å²) >= 11 is 3.43. The molecule has 0 bridgehead atoms. The van der Waals surface area contributed by atoms with Crippen molar-refractivity contribution in [1.82, 2.24) is 14.5 Å². The topological polar surface area (TPSA) is 42.7 Å². The second-order valence-corrected chi connectivity index (χ2v) is 3.92. The van der Waals surface area contributed by atoms with Crippen LogP contribution in [-0.4, -0.2) is 21.1 Å². The Bertz CT molecular complexity index is 413. The van der Waals surface area contributed by atoms with Crippen molar-refractivity contribution in [2.24, 2.45) is 0 Å². The zero-order valence-corrected chi connectivity index (χ0v) is 9.68. The van der Waals surface area contributed by atoms with Crippen LogP contribution in [0.5, 0.6) is 0 Å².